The summed E-state index contributed by atoms with van der Waals surface area (Å²) in [5, 5.41) is 9.06. The van der Waals surface area contributed by atoms with E-state index in [1.807, 2.05) is 0 Å². The lowest BCUT2D eigenvalue weighted by atomic mass is 10.0. The van der Waals surface area contributed by atoms with Gasteiger partial charge in [-0.05, 0) is 36.8 Å². The number of aromatic hydroxyl groups is 1. The SMILES string of the molecule is O=C(CN1CC2CCCC2C1)c1ccc(O)c(F)n1. The predicted molar refractivity (Wildman–Crippen MR) is 67.5 cm³/mol. The Morgan fingerprint density at radius 1 is 1.37 bits per heavy atom. The predicted octanol–water partition coefficient (Wildman–Crippen LogP) is 1.84. The quantitative estimate of drug-likeness (QED) is 0.668. The van der Waals surface area contributed by atoms with E-state index in [0.717, 1.165) is 24.9 Å². The molecule has 1 N–H and O–H groups in total. The molecule has 0 radical (unpaired) electrons. The largest absolute Gasteiger partial charge is 0.504 e. The van der Waals surface area contributed by atoms with E-state index in [-0.39, 0.29) is 11.5 Å². The van der Waals surface area contributed by atoms with Crippen molar-refractivity contribution in [3.8, 4) is 5.75 Å². The third kappa shape index (κ3) is 2.47. The summed E-state index contributed by atoms with van der Waals surface area (Å²) in [5.41, 5.74) is 0.0901. The third-order valence-electron chi connectivity index (χ3n) is 4.28. The molecule has 2 heterocycles. The van der Waals surface area contributed by atoms with Crippen LogP contribution in [0.3, 0.4) is 0 Å². The first kappa shape index (κ1) is 12.5. The highest BCUT2D eigenvalue weighted by molar-refractivity contribution is 5.95. The van der Waals surface area contributed by atoms with Crippen LogP contribution in [0.25, 0.3) is 0 Å². The highest BCUT2D eigenvalue weighted by Gasteiger charge is 2.36. The van der Waals surface area contributed by atoms with Gasteiger partial charge in [0.05, 0.1) is 6.54 Å². The van der Waals surface area contributed by atoms with Gasteiger partial charge in [0.25, 0.3) is 5.95 Å². The van der Waals surface area contributed by atoms with Crippen molar-refractivity contribution in [2.75, 3.05) is 19.6 Å². The van der Waals surface area contributed by atoms with Gasteiger partial charge in [-0.2, -0.15) is 4.39 Å². The van der Waals surface area contributed by atoms with Crippen LogP contribution in [0.1, 0.15) is 29.8 Å². The van der Waals surface area contributed by atoms with Crippen LogP contribution in [0.15, 0.2) is 12.1 Å². The Morgan fingerprint density at radius 3 is 2.68 bits per heavy atom. The lowest BCUT2D eigenvalue weighted by molar-refractivity contribution is 0.0934. The number of ketones is 1. The summed E-state index contributed by atoms with van der Waals surface area (Å²) in [7, 11) is 0. The lowest BCUT2D eigenvalue weighted by Gasteiger charge is -2.15. The molecule has 1 aromatic heterocycles. The molecule has 102 valence electrons. The molecule has 5 heteroatoms. The van der Waals surface area contributed by atoms with Gasteiger partial charge in [0.2, 0.25) is 0 Å². The van der Waals surface area contributed by atoms with E-state index in [0.29, 0.717) is 6.54 Å². The molecule has 2 atom stereocenters. The number of nitrogens with zero attached hydrogens (tertiary/aromatic N) is 2. The van der Waals surface area contributed by atoms with Gasteiger partial charge in [-0.3, -0.25) is 9.69 Å². The maximum absolute atomic E-state index is 13.1. The maximum atomic E-state index is 13.1. The number of Topliss-reactive ketones (excluding diaryl/α,β-unsaturated/α-hetero) is 1. The number of hydrogen-bond donors (Lipinski definition) is 1. The number of aromatic nitrogens is 1. The minimum Gasteiger partial charge on any atom is -0.504 e. The van der Waals surface area contributed by atoms with Crippen molar-refractivity contribution in [1.82, 2.24) is 9.88 Å². The van der Waals surface area contributed by atoms with Crippen molar-refractivity contribution < 1.29 is 14.3 Å². The summed E-state index contributed by atoms with van der Waals surface area (Å²) in [6, 6.07) is 2.55. The smallest absolute Gasteiger partial charge is 0.255 e. The number of carbonyl (C=O) groups is 1. The Kier molecular flexibility index (Phi) is 3.22. The first-order valence-electron chi connectivity index (χ1n) is 6.74. The number of fused-ring (bicyclic) bond motifs is 1. The average Bonchev–Trinajstić information content (AvgIpc) is 2.93. The molecule has 1 aromatic rings. The first-order chi connectivity index (χ1) is 9.13. The second-order valence-corrected chi connectivity index (χ2v) is 5.57. The van der Waals surface area contributed by atoms with Crippen LogP contribution in [-0.4, -0.2) is 40.4 Å². The zero-order valence-electron chi connectivity index (χ0n) is 10.7. The fourth-order valence-electron chi connectivity index (χ4n) is 3.33. The molecule has 1 saturated carbocycles. The van der Waals surface area contributed by atoms with Crippen LogP contribution in [0.4, 0.5) is 4.39 Å². The van der Waals surface area contributed by atoms with Gasteiger partial charge in [0, 0.05) is 13.1 Å². The molecule has 1 saturated heterocycles. The molecule has 1 aliphatic heterocycles. The number of likely N-dealkylation sites (tertiary alicyclic amines) is 1. The molecule has 2 unspecified atom stereocenters. The van der Waals surface area contributed by atoms with Crippen LogP contribution in [-0.2, 0) is 0 Å². The lowest BCUT2D eigenvalue weighted by Crippen LogP contribution is -2.29. The molecule has 0 spiro atoms. The summed E-state index contributed by atoms with van der Waals surface area (Å²) in [4.78, 5) is 17.7. The Balaban J connectivity index is 1.63. The van der Waals surface area contributed by atoms with Crippen molar-refractivity contribution in [1.29, 1.82) is 0 Å². The molecule has 1 aliphatic carbocycles. The molecule has 3 rings (SSSR count). The van der Waals surface area contributed by atoms with Crippen molar-refractivity contribution in [2.24, 2.45) is 11.8 Å². The zero-order valence-corrected chi connectivity index (χ0v) is 10.7. The molecule has 0 bridgehead atoms. The van der Waals surface area contributed by atoms with Gasteiger partial charge in [0.1, 0.15) is 5.69 Å². The Morgan fingerprint density at radius 2 is 2.05 bits per heavy atom. The Hall–Kier alpha value is -1.49. The third-order valence-corrected chi connectivity index (χ3v) is 4.28. The molecule has 0 amide bonds. The standard InChI is InChI=1S/C14H17FN2O2/c15-14-12(18)5-4-11(16-14)13(19)8-17-6-9-2-1-3-10(9)7-17/h4-5,9-10,18H,1-3,6-8H2. The van der Waals surface area contributed by atoms with Gasteiger partial charge in [0.15, 0.2) is 11.5 Å². The maximum Gasteiger partial charge on any atom is 0.255 e. The number of rotatable bonds is 3. The van der Waals surface area contributed by atoms with Crippen molar-refractivity contribution in [3.63, 3.8) is 0 Å². The highest BCUT2D eigenvalue weighted by atomic mass is 19.1. The Bertz CT molecular complexity index is 494. The molecule has 19 heavy (non-hydrogen) atoms. The zero-order chi connectivity index (χ0) is 13.4. The van der Waals surface area contributed by atoms with Gasteiger partial charge in [-0.15, -0.1) is 0 Å². The van der Waals surface area contributed by atoms with E-state index in [9.17, 15) is 9.18 Å². The molecule has 2 fully saturated rings. The van der Waals surface area contributed by atoms with Crippen molar-refractivity contribution in [3.05, 3.63) is 23.8 Å². The van der Waals surface area contributed by atoms with Gasteiger partial charge < -0.3 is 5.11 Å². The molecule has 2 aliphatic rings. The molecular weight excluding hydrogens is 247 g/mol. The minimum atomic E-state index is -0.982. The number of pyridine rings is 1. The van der Waals surface area contributed by atoms with Gasteiger partial charge >= 0.3 is 0 Å². The van der Waals surface area contributed by atoms with Crippen molar-refractivity contribution in [2.45, 2.75) is 19.3 Å². The van der Waals surface area contributed by atoms with Crippen LogP contribution < -0.4 is 0 Å². The molecular formula is C14H17FN2O2. The molecule has 0 aromatic carbocycles. The highest BCUT2D eigenvalue weighted by Crippen LogP contribution is 2.37. The van der Waals surface area contributed by atoms with Gasteiger partial charge in [-0.1, -0.05) is 6.42 Å². The second kappa shape index (κ2) is 4.89. The summed E-state index contributed by atoms with van der Waals surface area (Å²) >= 11 is 0. The van der Waals surface area contributed by atoms with Gasteiger partial charge in [-0.25, -0.2) is 4.98 Å². The Labute approximate surface area is 111 Å². The number of carbonyl (C=O) groups excluding carboxylic acids is 1. The van der Waals surface area contributed by atoms with E-state index in [1.165, 1.54) is 31.4 Å². The number of halogens is 1. The van der Waals surface area contributed by atoms with Crippen LogP contribution in [0.5, 0.6) is 5.75 Å². The number of hydrogen-bond acceptors (Lipinski definition) is 4. The van der Waals surface area contributed by atoms with Crippen LogP contribution >= 0.6 is 0 Å². The minimum absolute atomic E-state index is 0.0901. The summed E-state index contributed by atoms with van der Waals surface area (Å²) < 4.78 is 13.1. The average molecular weight is 264 g/mol. The second-order valence-electron chi connectivity index (χ2n) is 5.57. The monoisotopic (exact) mass is 264 g/mol. The van der Waals surface area contributed by atoms with E-state index < -0.39 is 11.7 Å². The molecule has 4 nitrogen and oxygen atoms in total. The van der Waals surface area contributed by atoms with Crippen LogP contribution in [0.2, 0.25) is 0 Å². The summed E-state index contributed by atoms with van der Waals surface area (Å²) in [6.45, 7) is 2.23. The van der Waals surface area contributed by atoms with E-state index in [1.54, 1.807) is 0 Å². The first-order valence-corrected chi connectivity index (χ1v) is 6.74. The summed E-state index contributed by atoms with van der Waals surface area (Å²) in [5.74, 6) is -0.218. The fourth-order valence-corrected chi connectivity index (χ4v) is 3.33. The van der Waals surface area contributed by atoms with E-state index >= 15 is 0 Å². The van der Waals surface area contributed by atoms with E-state index in [2.05, 4.69) is 9.88 Å². The van der Waals surface area contributed by atoms with Crippen LogP contribution in [0, 0.1) is 17.8 Å². The summed E-state index contributed by atoms with van der Waals surface area (Å²) in [6.07, 6.45) is 3.84. The van der Waals surface area contributed by atoms with E-state index in [4.69, 9.17) is 5.11 Å². The normalized spacial score (nSPS) is 26.6. The fraction of sp³-hybridized carbons (Fsp3) is 0.571. The topological polar surface area (TPSA) is 53.4 Å². The van der Waals surface area contributed by atoms with Crippen molar-refractivity contribution >= 4 is 5.78 Å².